The fourth-order valence-electron chi connectivity index (χ4n) is 2.90. The third kappa shape index (κ3) is 6.84. The predicted molar refractivity (Wildman–Crippen MR) is 120 cm³/mol. The van der Waals surface area contributed by atoms with Crippen LogP contribution in [0.15, 0.2) is 71.8 Å². The first-order valence-corrected chi connectivity index (χ1v) is 10.2. The van der Waals surface area contributed by atoms with Crippen LogP contribution < -0.4 is 20.3 Å². The maximum atomic E-state index is 12.8. The molecule has 8 nitrogen and oxygen atoms in total. The van der Waals surface area contributed by atoms with Crippen molar-refractivity contribution in [2.75, 3.05) is 51.8 Å². The molecule has 3 aromatic rings. The zero-order chi connectivity index (χ0) is 21.9. The molecule has 0 aliphatic rings. The average molecular weight is 425 g/mol. The molecular weight excluding hydrogens is 396 g/mol. The smallest absolute Gasteiger partial charge is 0.297 e. The lowest BCUT2D eigenvalue weighted by Crippen LogP contribution is -2.27. The van der Waals surface area contributed by atoms with Gasteiger partial charge < -0.3 is 24.8 Å². The van der Waals surface area contributed by atoms with Crippen LogP contribution in [0.3, 0.4) is 0 Å². The Morgan fingerprint density at radius 1 is 1.00 bits per heavy atom. The lowest BCUT2D eigenvalue weighted by Gasteiger charge is -2.15. The first kappa shape index (κ1) is 22.3. The molecule has 2 aromatic carbocycles. The molecule has 0 saturated carbocycles. The Labute approximate surface area is 181 Å². The number of hydrogen-bond acceptors (Lipinski definition) is 7. The number of ether oxygens (including phenoxy) is 2. The number of nitrogens with zero attached hydrogens (tertiary/aromatic N) is 3. The molecular formula is C23H28N4O4. The van der Waals surface area contributed by atoms with Crippen molar-refractivity contribution in [2.24, 2.45) is 0 Å². The van der Waals surface area contributed by atoms with Gasteiger partial charge in [-0.2, -0.15) is 0 Å². The molecule has 8 heteroatoms. The van der Waals surface area contributed by atoms with Crippen LogP contribution in [0.2, 0.25) is 0 Å². The quantitative estimate of drug-likeness (QED) is 0.430. The Balaban J connectivity index is 1.54. The van der Waals surface area contributed by atoms with Crippen molar-refractivity contribution in [3.63, 3.8) is 0 Å². The maximum absolute atomic E-state index is 12.8. The summed E-state index contributed by atoms with van der Waals surface area (Å²) in [6, 6.07) is 16.8. The van der Waals surface area contributed by atoms with Crippen LogP contribution in [0.4, 0.5) is 5.82 Å². The summed E-state index contributed by atoms with van der Waals surface area (Å²) in [5.41, 5.74) is 0.488. The van der Waals surface area contributed by atoms with E-state index in [1.807, 2.05) is 66.5 Å². The van der Waals surface area contributed by atoms with E-state index in [1.165, 1.54) is 4.57 Å². The Hall–Kier alpha value is -3.36. The third-order valence-corrected chi connectivity index (χ3v) is 4.59. The second-order valence-corrected chi connectivity index (χ2v) is 6.91. The van der Waals surface area contributed by atoms with Gasteiger partial charge in [-0.25, -0.2) is 4.98 Å². The monoisotopic (exact) mass is 424 g/mol. The van der Waals surface area contributed by atoms with Gasteiger partial charge >= 0.3 is 0 Å². The summed E-state index contributed by atoms with van der Waals surface area (Å²) in [7, 11) is 1.93. The summed E-state index contributed by atoms with van der Waals surface area (Å²) in [5, 5.41) is 12.0. The molecule has 0 amide bonds. The van der Waals surface area contributed by atoms with Gasteiger partial charge in [-0.1, -0.05) is 18.2 Å². The van der Waals surface area contributed by atoms with E-state index in [9.17, 15) is 4.79 Å². The molecule has 0 spiro atoms. The van der Waals surface area contributed by atoms with Gasteiger partial charge in [0.15, 0.2) is 5.82 Å². The van der Waals surface area contributed by atoms with Crippen LogP contribution in [0, 0.1) is 0 Å². The van der Waals surface area contributed by atoms with E-state index in [0.717, 1.165) is 23.7 Å². The molecule has 0 atom stereocenters. The van der Waals surface area contributed by atoms with Gasteiger partial charge in [-0.05, 0) is 43.4 Å². The Morgan fingerprint density at radius 2 is 1.71 bits per heavy atom. The molecule has 0 bridgehead atoms. The normalized spacial score (nSPS) is 10.8. The van der Waals surface area contributed by atoms with E-state index < -0.39 is 0 Å². The fourth-order valence-corrected chi connectivity index (χ4v) is 2.90. The largest absolute Gasteiger partial charge is 0.492 e. The van der Waals surface area contributed by atoms with Crippen LogP contribution in [0.1, 0.15) is 0 Å². The minimum absolute atomic E-state index is 0.128. The number of aliphatic hydroxyl groups is 1. The van der Waals surface area contributed by atoms with Gasteiger partial charge in [0, 0.05) is 31.2 Å². The van der Waals surface area contributed by atoms with Gasteiger partial charge in [0.1, 0.15) is 24.7 Å². The summed E-state index contributed by atoms with van der Waals surface area (Å²) >= 11 is 0. The Morgan fingerprint density at radius 3 is 2.45 bits per heavy atom. The van der Waals surface area contributed by atoms with E-state index in [4.69, 9.17) is 14.6 Å². The zero-order valence-corrected chi connectivity index (χ0v) is 17.6. The number of nitrogens with one attached hydrogen (secondary N) is 1. The van der Waals surface area contributed by atoms with E-state index in [0.29, 0.717) is 26.3 Å². The number of aromatic nitrogens is 2. The lowest BCUT2D eigenvalue weighted by molar-refractivity contribution is 0.192. The highest BCUT2D eigenvalue weighted by Crippen LogP contribution is 2.14. The number of hydrogen-bond donors (Lipinski definition) is 2. The summed E-state index contributed by atoms with van der Waals surface area (Å²) in [4.78, 5) is 18.9. The average Bonchev–Trinajstić information content (AvgIpc) is 2.79. The molecule has 2 N–H and O–H groups in total. The van der Waals surface area contributed by atoms with Crippen molar-refractivity contribution in [1.82, 2.24) is 14.5 Å². The second-order valence-electron chi connectivity index (χ2n) is 6.91. The highest BCUT2D eigenvalue weighted by atomic mass is 16.5. The molecule has 31 heavy (non-hydrogen) atoms. The maximum Gasteiger partial charge on any atom is 0.297 e. The third-order valence-electron chi connectivity index (χ3n) is 4.59. The number of anilines is 1. The van der Waals surface area contributed by atoms with Crippen LogP contribution >= 0.6 is 0 Å². The van der Waals surface area contributed by atoms with Crippen LogP contribution in [-0.2, 0) is 0 Å². The van der Waals surface area contributed by atoms with Crippen LogP contribution in [0.25, 0.3) is 5.69 Å². The highest BCUT2D eigenvalue weighted by Gasteiger charge is 2.07. The van der Waals surface area contributed by atoms with Crippen molar-refractivity contribution >= 4 is 5.82 Å². The molecule has 0 radical (unpaired) electrons. The number of aliphatic hydroxyl groups excluding tert-OH is 1. The summed E-state index contributed by atoms with van der Waals surface area (Å²) in [5.74, 6) is 1.77. The fraction of sp³-hybridized carbons (Fsp3) is 0.304. The van der Waals surface area contributed by atoms with Gasteiger partial charge in [0.25, 0.3) is 5.56 Å². The minimum atomic E-state index is -0.235. The summed E-state index contributed by atoms with van der Waals surface area (Å²) in [6.45, 7) is 2.85. The Kier molecular flexibility index (Phi) is 8.45. The number of benzene rings is 2. The molecule has 3 rings (SSSR count). The molecule has 0 aliphatic heterocycles. The van der Waals surface area contributed by atoms with Gasteiger partial charge in [-0.15, -0.1) is 0 Å². The second kappa shape index (κ2) is 11.7. The van der Waals surface area contributed by atoms with E-state index >= 15 is 0 Å². The molecule has 0 fully saturated rings. The topological polar surface area (TPSA) is 88.8 Å². The van der Waals surface area contributed by atoms with Crippen molar-refractivity contribution in [3.05, 3.63) is 77.3 Å². The van der Waals surface area contributed by atoms with Gasteiger partial charge in [-0.3, -0.25) is 9.36 Å². The van der Waals surface area contributed by atoms with Crippen molar-refractivity contribution in [3.8, 4) is 17.2 Å². The van der Waals surface area contributed by atoms with Crippen molar-refractivity contribution in [2.45, 2.75) is 0 Å². The molecule has 0 saturated heterocycles. The standard InChI is InChI=1S/C23H28N4O4/c1-26(14-16-28)15-18-31-21-9-7-19(8-10-21)27-13-11-24-22(23(27)29)25-12-17-30-20-5-3-2-4-6-20/h2-11,13,28H,12,14-18H2,1H3,(H,24,25). The molecule has 164 valence electrons. The molecule has 1 heterocycles. The van der Waals surface area contributed by atoms with E-state index in [1.54, 1.807) is 12.4 Å². The van der Waals surface area contributed by atoms with Crippen LogP contribution in [-0.4, -0.2) is 66.1 Å². The van der Waals surface area contributed by atoms with Gasteiger partial charge in [0.05, 0.1) is 13.2 Å². The SMILES string of the molecule is CN(CCO)CCOc1ccc(-n2ccnc(NCCOc3ccccc3)c2=O)cc1. The van der Waals surface area contributed by atoms with Crippen molar-refractivity contribution < 1.29 is 14.6 Å². The molecule has 0 unspecified atom stereocenters. The molecule has 0 aliphatic carbocycles. The first-order valence-electron chi connectivity index (χ1n) is 10.2. The highest BCUT2D eigenvalue weighted by molar-refractivity contribution is 5.41. The van der Waals surface area contributed by atoms with Gasteiger partial charge in [0.2, 0.25) is 0 Å². The van der Waals surface area contributed by atoms with E-state index in [-0.39, 0.29) is 18.0 Å². The first-order chi connectivity index (χ1) is 15.2. The summed E-state index contributed by atoms with van der Waals surface area (Å²) in [6.07, 6.45) is 3.22. The lowest BCUT2D eigenvalue weighted by atomic mass is 10.3. The Bertz CT molecular complexity index is 977. The van der Waals surface area contributed by atoms with Crippen molar-refractivity contribution in [1.29, 1.82) is 0 Å². The number of likely N-dealkylation sites (N-methyl/N-ethyl adjacent to an activating group) is 1. The van der Waals surface area contributed by atoms with E-state index in [2.05, 4.69) is 10.3 Å². The number of para-hydroxylation sites is 1. The molecule has 1 aromatic heterocycles. The predicted octanol–water partition coefficient (Wildman–Crippen LogP) is 2.03. The zero-order valence-electron chi connectivity index (χ0n) is 17.6. The summed E-state index contributed by atoms with van der Waals surface area (Å²) < 4.78 is 12.9. The number of rotatable bonds is 12. The van der Waals surface area contributed by atoms with Crippen LogP contribution in [0.5, 0.6) is 11.5 Å². The minimum Gasteiger partial charge on any atom is -0.492 e.